The fraction of sp³-hybridized carbons (Fsp3) is 0.385. The Kier molecular flexibility index (Phi) is 4.47. The van der Waals surface area contributed by atoms with Crippen molar-refractivity contribution in [3.63, 3.8) is 0 Å². The predicted octanol–water partition coefficient (Wildman–Crippen LogP) is 1.90. The molecule has 6 heteroatoms. The average Bonchev–Trinajstić information content (AvgIpc) is 2.25. The number of nitrogens with one attached hydrogen (secondary N) is 1. The molecule has 0 aliphatic rings. The lowest BCUT2D eigenvalue weighted by atomic mass is 9.97. The first-order valence-electron chi connectivity index (χ1n) is 5.74. The van der Waals surface area contributed by atoms with Gasteiger partial charge in [-0.05, 0) is 32.4 Å². The molecule has 1 rings (SSSR count). The summed E-state index contributed by atoms with van der Waals surface area (Å²) in [5.74, 6) is -2.70. The van der Waals surface area contributed by atoms with Crippen molar-refractivity contribution in [1.29, 1.82) is 0 Å². The lowest BCUT2D eigenvalue weighted by molar-refractivity contribution is -0.137. The molecule has 0 spiro atoms. The third kappa shape index (κ3) is 4.57. The van der Waals surface area contributed by atoms with Crippen LogP contribution in [0, 0.1) is 5.82 Å². The minimum Gasteiger partial charge on any atom is -0.508 e. The van der Waals surface area contributed by atoms with E-state index in [0.717, 1.165) is 6.07 Å². The molecule has 1 amide bonds. The van der Waals surface area contributed by atoms with Crippen LogP contribution in [0.2, 0.25) is 0 Å². The maximum atomic E-state index is 13.5. The molecule has 0 aliphatic carbocycles. The van der Waals surface area contributed by atoms with Gasteiger partial charge in [-0.2, -0.15) is 0 Å². The first-order chi connectivity index (χ1) is 8.71. The smallest absolute Gasteiger partial charge is 0.303 e. The number of carbonyl (C=O) groups is 2. The maximum Gasteiger partial charge on any atom is 0.303 e. The van der Waals surface area contributed by atoms with Gasteiger partial charge in [-0.25, -0.2) is 4.39 Å². The first-order valence-corrected chi connectivity index (χ1v) is 5.74. The van der Waals surface area contributed by atoms with Crippen LogP contribution in [0.15, 0.2) is 18.2 Å². The van der Waals surface area contributed by atoms with Crippen LogP contribution in [0.1, 0.15) is 37.0 Å². The molecule has 0 radical (unpaired) electrons. The summed E-state index contributed by atoms with van der Waals surface area (Å²) in [7, 11) is 0. The van der Waals surface area contributed by atoms with Crippen molar-refractivity contribution < 1.29 is 24.2 Å². The van der Waals surface area contributed by atoms with Crippen molar-refractivity contribution >= 4 is 11.9 Å². The molecule has 5 nitrogen and oxygen atoms in total. The van der Waals surface area contributed by atoms with E-state index in [4.69, 9.17) is 10.2 Å². The van der Waals surface area contributed by atoms with Crippen molar-refractivity contribution in [3.05, 3.63) is 29.6 Å². The number of aliphatic carboxylic acids is 1. The maximum absolute atomic E-state index is 13.5. The number of carboxylic acid groups (broad SMARTS) is 1. The molecule has 0 atom stereocenters. The summed E-state index contributed by atoms with van der Waals surface area (Å²) in [4.78, 5) is 22.3. The van der Waals surface area contributed by atoms with Gasteiger partial charge in [0.1, 0.15) is 11.6 Å². The summed E-state index contributed by atoms with van der Waals surface area (Å²) in [6, 6.07) is 3.23. The Morgan fingerprint density at radius 3 is 2.53 bits per heavy atom. The fourth-order valence-corrected chi connectivity index (χ4v) is 1.54. The Morgan fingerprint density at radius 2 is 2.00 bits per heavy atom. The number of aromatic hydroxyl groups is 1. The highest BCUT2D eigenvalue weighted by molar-refractivity contribution is 5.95. The highest BCUT2D eigenvalue weighted by atomic mass is 19.1. The number of rotatable bonds is 5. The third-order valence-electron chi connectivity index (χ3n) is 2.61. The predicted molar refractivity (Wildman–Crippen MR) is 66.5 cm³/mol. The Morgan fingerprint density at radius 1 is 1.37 bits per heavy atom. The van der Waals surface area contributed by atoms with Gasteiger partial charge in [0.05, 0.1) is 5.56 Å². The second kappa shape index (κ2) is 5.69. The van der Waals surface area contributed by atoms with Gasteiger partial charge >= 0.3 is 5.97 Å². The second-order valence-electron chi connectivity index (χ2n) is 4.90. The van der Waals surface area contributed by atoms with Gasteiger partial charge in [0.2, 0.25) is 0 Å². The number of carboxylic acids is 1. The van der Waals surface area contributed by atoms with Crippen molar-refractivity contribution in [1.82, 2.24) is 5.32 Å². The number of hydrogen-bond donors (Lipinski definition) is 3. The van der Waals surface area contributed by atoms with Crippen LogP contribution in [0.4, 0.5) is 4.39 Å². The van der Waals surface area contributed by atoms with E-state index in [1.165, 1.54) is 12.1 Å². The number of carbonyl (C=O) groups excluding carboxylic acids is 1. The zero-order valence-corrected chi connectivity index (χ0v) is 10.7. The molecule has 0 aliphatic heterocycles. The van der Waals surface area contributed by atoms with Gasteiger partial charge in [-0.1, -0.05) is 0 Å². The van der Waals surface area contributed by atoms with E-state index in [1.807, 2.05) is 0 Å². The molecule has 0 saturated carbocycles. The SMILES string of the molecule is CC(C)(CCC(=O)O)NC(=O)c1ccc(O)cc1F. The van der Waals surface area contributed by atoms with Crippen molar-refractivity contribution in [2.75, 3.05) is 0 Å². The van der Waals surface area contributed by atoms with Crippen LogP contribution < -0.4 is 5.32 Å². The van der Waals surface area contributed by atoms with E-state index in [-0.39, 0.29) is 24.2 Å². The lowest BCUT2D eigenvalue weighted by Crippen LogP contribution is -2.44. The molecule has 0 unspecified atom stereocenters. The van der Waals surface area contributed by atoms with Crippen LogP contribution in [-0.2, 0) is 4.79 Å². The Labute approximate surface area is 110 Å². The van der Waals surface area contributed by atoms with Gasteiger partial charge in [0.25, 0.3) is 5.91 Å². The van der Waals surface area contributed by atoms with Gasteiger partial charge < -0.3 is 15.5 Å². The summed E-state index contributed by atoms with van der Waals surface area (Å²) in [6.07, 6.45) is 0.138. The highest BCUT2D eigenvalue weighted by Crippen LogP contribution is 2.17. The normalized spacial score (nSPS) is 11.1. The van der Waals surface area contributed by atoms with Gasteiger partial charge in [-0.3, -0.25) is 9.59 Å². The second-order valence-corrected chi connectivity index (χ2v) is 4.90. The minimum absolute atomic E-state index is 0.0919. The van der Waals surface area contributed by atoms with Crippen LogP contribution in [0.3, 0.4) is 0 Å². The molecule has 0 saturated heterocycles. The molecule has 0 heterocycles. The van der Waals surface area contributed by atoms with Gasteiger partial charge in [-0.15, -0.1) is 0 Å². The quantitative estimate of drug-likeness (QED) is 0.762. The topological polar surface area (TPSA) is 86.6 Å². The molecular weight excluding hydrogens is 253 g/mol. The van der Waals surface area contributed by atoms with Gasteiger partial charge in [0, 0.05) is 18.0 Å². The largest absolute Gasteiger partial charge is 0.508 e. The molecule has 1 aromatic carbocycles. The fourth-order valence-electron chi connectivity index (χ4n) is 1.54. The molecular formula is C13H16FNO4. The standard InChI is InChI=1S/C13H16FNO4/c1-13(2,6-5-11(17)18)15-12(19)9-4-3-8(16)7-10(9)14/h3-4,7,16H,5-6H2,1-2H3,(H,15,19)(H,17,18). The summed E-state index contributed by atoms with van der Waals surface area (Å²) in [6.45, 7) is 3.32. The Balaban J connectivity index is 2.75. The molecule has 1 aromatic rings. The van der Waals surface area contributed by atoms with Crippen LogP contribution in [0.5, 0.6) is 5.75 Å². The molecule has 3 N–H and O–H groups in total. The minimum atomic E-state index is -0.960. The number of amides is 1. The summed E-state index contributed by atoms with van der Waals surface area (Å²) >= 11 is 0. The van der Waals surface area contributed by atoms with Crippen LogP contribution in [-0.4, -0.2) is 27.6 Å². The zero-order chi connectivity index (χ0) is 14.6. The van der Waals surface area contributed by atoms with E-state index in [1.54, 1.807) is 13.8 Å². The number of hydrogen-bond acceptors (Lipinski definition) is 3. The lowest BCUT2D eigenvalue weighted by Gasteiger charge is -2.25. The first kappa shape index (κ1) is 14.9. The summed E-state index contributed by atoms with van der Waals surface area (Å²) in [5.41, 5.74) is -0.957. The number of phenolic OH excluding ortho intramolecular Hbond substituents is 1. The molecule has 0 aromatic heterocycles. The van der Waals surface area contributed by atoms with E-state index in [2.05, 4.69) is 5.32 Å². The van der Waals surface area contributed by atoms with Crippen molar-refractivity contribution in [2.24, 2.45) is 0 Å². The van der Waals surface area contributed by atoms with Crippen molar-refractivity contribution in [2.45, 2.75) is 32.2 Å². The van der Waals surface area contributed by atoms with Crippen LogP contribution in [0.25, 0.3) is 0 Å². The molecule has 0 bridgehead atoms. The summed E-state index contributed by atoms with van der Waals surface area (Å²) < 4.78 is 13.5. The third-order valence-corrected chi connectivity index (χ3v) is 2.61. The Bertz CT molecular complexity index is 499. The molecule has 19 heavy (non-hydrogen) atoms. The number of phenols is 1. The average molecular weight is 269 g/mol. The van der Waals surface area contributed by atoms with Gasteiger partial charge in [0.15, 0.2) is 0 Å². The molecule has 0 fully saturated rings. The monoisotopic (exact) mass is 269 g/mol. The van der Waals surface area contributed by atoms with E-state index in [0.29, 0.717) is 0 Å². The highest BCUT2D eigenvalue weighted by Gasteiger charge is 2.23. The zero-order valence-electron chi connectivity index (χ0n) is 10.7. The molecule has 104 valence electrons. The van der Waals surface area contributed by atoms with E-state index in [9.17, 15) is 14.0 Å². The van der Waals surface area contributed by atoms with E-state index >= 15 is 0 Å². The van der Waals surface area contributed by atoms with Crippen molar-refractivity contribution in [3.8, 4) is 5.75 Å². The number of benzene rings is 1. The van der Waals surface area contributed by atoms with Crippen LogP contribution >= 0.6 is 0 Å². The number of halogens is 1. The van der Waals surface area contributed by atoms with E-state index < -0.39 is 23.2 Å². The summed E-state index contributed by atoms with van der Waals surface area (Å²) in [5, 5.41) is 20.2. The Hall–Kier alpha value is -2.11.